The van der Waals surface area contributed by atoms with Gasteiger partial charge in [-0.25, -0.2) is 4.98 Å². The van der Waals surface area contributed by atoms with Crippen molar-refractivity contribution in [2.45, 2.75) is 86.5 Å². The molecule has 0 bridgehead atoms. The summed E-state index contributed by atoms with van der Waals surface area (Å²) < 4.78 is 2.28. The molecule has 0 fully saturated rings. The van der Waals surface area contributed by atoms with E-state index in [4.69, 9.17) is 9.97 Å². The minimum Gasteiger partial charge on any atom is -0.507 e. The number of imidazole rings is 1. The second kappa shape index (κ2) is 15.7. The van der Waals surface area contributed by atoms with Crippen LogP contribution in [0.5, 0.6) is 5.75 Å². The molecule has 0 saturated heterocycles. The molecule has 60 heavy (non-hydrogen) atoms. The van der Waals surface area contributed by atoms with Gasteiger partial charge < -0.3 is 5.11 Å². The summed E-state index contributed by atoms with van der Waals surface area (Å²) in [4.78, 5) is 10.5. The van der Waals surface area contributed by atoms with Gasteiger partial charge in [-0.2, -0.15) is 0 Å². The number of phenols is 1. The summed E-state index contributed by atoms with van der Waals surface area (Å²) in [6, 6.07) is 48.0. The first-order valence-electron chi connectivity index (χ1n) is 21.3. The second-order valence-corrected chi connectivity index (χ2v) is 19.1. The minimum absolute atomic E-state index is 0.128. The predicted molar refractivity (Wildman–Crippen MR) is 253 cm³/mol. The van der Waals surface area contributed by atoms with E-state index in [0.717, 1.165) is 73.3 Å². The summed E-state index contributed by atoms with van der Waals surface area (Å²) in [6.45, 7) is 22.0. The third-order valence-electron chi connectivity index (χ3n) is 11.6. The number of para-hydroxylation sites is 1. The molecule has 4 heteroatoms. The van der Waals surface area contributed by atoms with Crippen LogP contribution in [0, 0.1) is 19.8 Å². The molecule has 0 unspecified atom stereocenters. The first-order chi connectivity index (χ1) is 28.5. The summed E-state index contributed by atoms with van der Waals surface area (Å²) in [7, 11) is 0. The van der Waals surface area contributed by atoms with E-state index in [-0.39, 0.29) is 16.6 Å². The molecule has 302 valence electrons. The van der Waals surface area contributed by atoms with Crippen molar-refractivity contribution in [3.8, 4) is 67.5 Å². The van der Waals surface area contributed by atoms with E-state index in [2.05, 4.69) is 207 Å². The van der Waals surface area contributed by atoms with Gasteiger partial charge in [0.25, 0.3) is 0 Å². The van der Waals surface area contributed by atoms with E-state index >= 15 is 0 Å². The van der Waals surface area contributed by atoms with Crippen LogP contribution in [0.1, 0.15) is 83.2 Å². The van der Waals surface area contributed by atoms with Crippen molar-refractivity contribution in [1.29, 1.82) is 0 Å². The minimum atomic E-state index is -0.283. The Hall–Kier alpha value is -6.26. The van der Waals surface area contributed by atoms with Crippen LogP contribution in [0.25, 0.3) is 72.7 Å². The molecule has 0 aliphatic rings. The van der Waals surface area contributed by atoms with Crippen molar-refractivity contribution in [2.24, 2.45) is 5.92 Å². The Kier molecular flexibility index (Phi) is 10.6. The highest BCUT2D eigenvalue weighted by Crippen LogP contribution is 2.44. The lowest BCUT2D eigenvalue weighted by Gasteiger charge is -2.23. The molecule has 1 N–H and O–H groups in total. The maximum Gasteiger partial charge on any atom is 0.149 e. The lowest BCUT2D eigenvalue weighted by atomic mass is 9.83. The van der Waals surface area contributed by atoms with Crippen molar-refractivity contribution in [3.63, 3.8) is 0 Å². The number of benzene rings is 6. The van der Waals surface area contributed by atoms with Crippen molar-refractivity contribution in [2.75, 3.05) is 0 Å². The topological polar surface area (TPSA) is 50.9 Å². The number of hydrogen-bond donors (Lipinski definition) is 1. The van der Waals surface area contributed by atoms with Gasteiger partial charge >= 0.3 is 0 Å². The number of hydrogen-bond acceptors (Lipinski definition) is 3. The summed E-state index contributed by atoms with van der Waals surface area (Å²) >= 11 is 0. The average molecular weight is 788 g/mol. The van der Waals surface area contributed by atoms with E-state index in [0.29, 0.717) is 17.3 Å². The standard InChI is InChI=1S/C56H57N3O/c1-35(2)27-38-21-24-50(46(30-38)40-15-12-11-13-16-40)59-51-18-14-17-45(52(51)58-54(59)47-28-37(4)29-48(53(47)60)56(8,9)10)42-31-43(33-44(32-42)55(5,6)7)49-34-41(25-26-57-49)39-22-19-36(3)20-23-39/h11-26,28-35,60H,27H2,1-10H3. The van der Waals surface area contributed by atoms with Crippen molar-refractivity contribution >= 4 is 11.0 Å². The maximum atomic E-state index is 12.3. The summed E-state index contributed by atoms with van der Waals surface area (Å²) in [6.07, 6.45) is 2.89. The van der Waals surface area contributed by atoms with Crippen LogP contribution in [-0.2, 0) is 17.3 Å². The fourth-order valence-corrected chi connectivity index (χ4v) is 8.38. The Morgan fingerprint density at radius 1 is 0.583 bits per heavy atom. The van der Waals surface area contributed by atoms with Crippen LogP contribution >= 0.6 is 0 Å². The number of aromatic nitrogens is 3. The van der Waals surface area contributed by atoms with Crippen LogP contribution < -0.4 is 0 Å². The van der Waals surface area contributed by atoms with E-state index in [1.54, 1.807) is 0 Å². The molecule has 6 aromatic carbocycles. The predicted octanol–water partition coefficient (Wildman–Crippen LogP) is 14.9. The zero-order chi connectivity index (χ0) is 42.5. The molecule has 2 aromatic heterocycles. The molecular weight excluding hydrogens is 731 g/mol. The normalized spacial score (nSPS) is 12.1. The van der Waals surface area contributed by atoms with E-state index in [1.807, 2.05) is 6.20 Å². The number of rotatable bonds is 8. The average Bonchev–Trinajstić information content (AvgIpc) is 3.60. The highest BCUT2D eigenvalue weighted by atomic mass is 16.3. The number of aryl methyl sites for hydroxylation is 2. The lowest BCUT2D eigenvalue weighted by molar-refractivity contribution is 0.448. The molecule has 8 aromatic rings. The molecule has 0 spiro atoms. The molecular formula is C56H57N3O. The summed E-state index contributed by atoms with van der Waals surface area (Å²) in [5.41, 5.74) is 17.5. The molecule has 0 atom stereocenters. The zero-order valence-corrected chi connectivity index (χ0v) is 36.9. The van der Waals surface area contributed by atoms with Gasteiger partial charge in [-0.15, -0.1) is 0 Å². The van der Waals surface area contributed by atoms with Crippen LogP contribution in [0.2, 0.25) is 0 Å². The van der Waals surface area contributed by atoms with Gasteiger partial charge in [0, 0.05) is 28.5 Å². The van der Waals surface area contributed by atoms with Crippen LogP contribution in [0.15, 0.2) is 140 Å². The molecule has 0 amide bonds. The smallest absolute Gasteiger partial charge is 0.149 e. The maximum absolute atomic E-state index is 12.3. The van der Waals surface area contributed by atoms with Crippen LogP contribution in [0.3, 0.4) is 0 Å². The van der Waals surface area contributed by atoms with Crippen molar-refractivity contribution in [3.05, 3.63) is 167 Å². The third-order valence-corrected chi connectivity index (χ3v) is 11.6. The molecule has 4 nitrogen and oxygen atoms in total. The Balaban J connectivity index is 1.42. The number of pyridine rings is 1. The first-order valence-corrected chi connectivity index (χ1v) is 21.3. The molecule has 0 saturated carbocycles. The van der Waals surface area contributed by atoms with Gasteiger partial charge in [0.2, 0.25) is 0 Å². The van der Waals surface area contributed by atoms with Crippen molar-refractivity contribution in [1.82, 2.24) is 14.5 Å². The monoisotopic (exact) mass is 787 g/mol. The second-order valence-electron chi connectivity index (χ2n) is 19.1. The highest BCUT2D eigenvalue weighted by molar-refractivity contribution is 5.98. The number of phenolic OH excluding ortho intramolecular Hbond substituents is 1. The van der Waals surface area contributed by atoms with Gasteiger partial charge in [0.15, 0.2) is 0 Å². The van der Waals surface area contributed by atoms with Gasteiger partial charge in [-0.3, -0.25) is 9.55 Å². The Labute approximate surface area is 356 Å². The lowest BCUT2D eigenvalue weighted by Crippen LogP contribution is -2.12. The third kappa shape index (κ3) is 8.04. The van der Waals surface area contributed by atoms with Gasteiger partial charge in [0.1, 0.15) is 11.6 Å². The molecule has 0 aliphatic heterocycles. The molecule has 2 heterocycles. The van der Waals surface area contributed by atoms with Crippen LogP contribution in [-0.4, -0.2) is 19.6 Å². The Morgan fingerprint density at radius 3 is 2.02 bits per heavy atom. The molecule has 8 rings (SSSR count). The Morgan fingerprint density at radius 2 is 1.32 bits per heavy atom. The van der Waals surface area contributed by atoms with E-state index < -0.39 is 0 Å². The van der Waals surface area contributed by atoms with Gasteiger partial charge in [-0.05, 0) is 124 Å². The fourth-order valence-electron chi connectivity index (χ4n) is 8.38. The summed E-state index contributed by atoms with van der Waals surface area (Å²) in [5, 5.41) is 12.3. The van der Waals surface area contributed by atoms with Gasteiger partial charge in [-0.1, -0.05) is 146 Å². The number of fused-ring (bicyclic) bond motifs is 1. The Bertz CT molecular complexity index is 2850. The fraction of sp³-hybridized carbons (Fsp3) is 0.250. The zero-order valence-electron chi connectivity index (χ0n) is 36.9. The highest BCUT2D eigenvalue weighted by Gasteiger charge is 2.27. The summed E-state index contributed by atoms with van der Waals surface area (Å²) in [5.74, 6) is 1.49. The molecule has 0 aliphatic carbocycles. The number of aromatic hydroxyl groups is 1. The van der Waals surface area contributed by atoms with E-state index in [9.17, 15) is 5.11 Å². The number of nitrogens with zero attached hydrogens (tertiary/aromatic N) is 3. The molecule has 0 radical (unpaired) electrons. The first kappa shape index (κ1) is 40.5. The quantitative estimate of drug-likeness (QED) is 0.167. The van der Waals surface area contributed by atoms with Crippen LogP contribution in [0.4, 0.5) is 0 Å². The van der Waals surface area contributed by atoms with Gasteiger partial charge in [0.05, 0.1) is 28.0 Å². The largest absolute Gasteiger partial charge is 0.507 e. The SMILES string of the molecule is Cc1ccc(-c2ccnc(-c3cc(-c4cccc5c4nc(-c4cc(C)cc(C(C)(C)C)c4O)n5-c4ccc(CC(C)C)cc4-c4ccccc4)cc(C(C)(C)C)c3)c2)cc1. The van der Waals surface area contributed by atoms with Crippen molar-refractivity contribution < 1.29 is 5.11 Å². The van der Waals surface area contributed by atoms with E-state index in [1.165, 1.54) is 22.3 Å².